The van der Waals surface area contributed by atoms with Crippen LogP contribution in [0.5, 0.6) is 0 Å². The van der Waals surface area contributed by atoms with Crippen LogP contribution in [0.4, 0.5) is 5.69 Å². The van der Waals surface area contributed by atoms with Crippen LogP contribution in [0.2, 0.25) is 0 Å². The Morgan fingerprint density at radius 1 is 1.27 bits per heavy atom. The summed E-state index contributed by atoms with van der Waals surface area (Å²) >= 11 is 0. The quantitative estimate of drug-likeness (QED) is 0.808. The van der Waals surface area contributed by atoms with Gasteiger partial charge in [-0.3, -0.25) is 4.98 Å². The van der Waals surface area contributed by atoms with Crippen LogP contribution < -0.4 is 5.73 Å². The normalized spacial score (nSPS) is 11.0. The van der Waals surface area contributed by atoms with Gasteiger partial charge in [0.15, 0.2) is 5.76 Å². The summed E-state index contributed by atoms with van der Waals surface area (Å²) in [6.07, 6.45) is 7.20. The third kappa shape index (κ3) is 2.04. The maximum absolute atomic E-state index is 5.75. The molecule has 0 unspecified atom stereocenters. The average molecular weight is 201 g/mol. The Balaban J connectivity index is 2.23. The van der Waals surface area contributed by atoms with Crippen LogP contribution >= 0.6 is 0 Å². The first-order valence-electron chi connectivity index (χ1n) is 4.57. The minimum absolute atomic E-state index is 0.584. The molecule has 4 nitrogen and oxygen atoms in total. The molecular weight excluding hydrogens is 190 g/mol. The van der Waals surface area contributed by atoms with E-state index in [0.717, 1.165) is 5.56 Å². The molecule has 0 aliphatic heterocycles. The lowest BCUT2D eigenvalue weighted by Gasteiger charge is -1.90. The lowest BCUT2D eigenvalue weighted by atomic mass is 10.2. The van der Waals surface area contributed by atoms with E-state index in [0.29, 0.717) is 17.1 Å². The molecule has 0 aliphatic rings. The average Bonchev–Trinajstić information content (AvgIpc) is 2.59. The Labute approximate surface area is 87.4 Å². The van der Waals surface area contributed by atoms with Crippen molar-refractivity contribution in [2.24, 2.45) is 0 Å². The van der Waals surface area contributed by atoms with Crippen LogP contribution in [0.1, 0.15) is 17.0 Å². The van der Waals surface area contributed by atoms with E-state index in [1.165, 1.54) is 0 Å². The second-order valence-electron chi connectivity index (χ2n) is 3.15. The predicted molar refractivity (Wildman–Crippen MR) is 58.8 cm³/mol. The molecule has 2 rings (SSSR count). The third-order valence-electron chi connectivity index (χ3n) is 2.08. The molecule has 2 N–H and O–H groups in total. The fourth-order valence-electron chi connectivity index (χ4n) is 1.17. The number of aromatic nitrogens is 2. The van der Waals surface area contributed by atoms with Crippen LogP contribution in [0.3, 0.4) is 0 Å². The summed E-state index contributed by atoms with van der Waals surface area (Å²) in [5, 5.41) is 3.83. The van der Waals surface area contributed by atoms with E-state index in [1.54, 1.807) is 19.3 Å². The molecule has 2 aromatic heterocycles. The Bertz CT molecular complexity index is 474. The van der Waals surface area contributed by atoms with Gasteiger partial charge in [0.2, 0.25) is 0 Å². The molecular formula is C11H11N3O. The lowest BCUT2D eigenvalue weighted by molar-refractivity contribution is 0.397. The van der Waals surface area contributed by atoms with Crippen LogP contribution in [-0.4, -0.2) is 10.1 Å². The van der Waals surface area contributed by atoms with Gasteiger partial charge in [0.05, 0.1) is 0 Å². The van der Waals surface area contributed by atoms with E-state index in [2.05, 4.69) is 10.1 Å². The number of aryl methyl sites for hydroxylation is 1. The molecule has 76 valence electrons. The first kappa shape index (κ1) is 9.45. The summed E-state index contributed by atoms with van der Waals surface area (Å²) in [7, 11) is 0. The zero-order valence-corrected chi connectivity index (χ0v) is 8.34. The van der Waals surface area contributed by atoms with Crippen molar-refractivity contribution in [2.75, 3.05) is 5.73 Å². The number of nitrogens with two attached hydrogens (primary N) is 1. The number of nitrogens with zero attached hydrogens (tertiary/aromatic N) is 2. The van der Waals surface area contributed by atoms with Crippen LogP contribution in [0, 0.1) is 6.92 Å². The Hall–Kier alpha value is -2.10. The highest BCUT2D eigenvalue weighted by molar-refractivity contribution is 5.73. The van der Waals surface area contributed by atoms with Gasteiger partial charge in [-0.15, -0.1) is 0 Å². The minimum atomic E-state index is 0.584. The lowest BCUT2D eigenvalue weighted by Crippen LogP contribution is -1.86. The molecule has 0 fully saturated rings. The van der Waals surface area contributed by atoms with Crippen molar-refractivity contribution in [3.8, 4) is 0 Å². The smallest absolute Gasteiger partial charge is 0.157 e. The first-order valence-corrected chi connectivity index (χ1v) is 4.57. The second-order valence-corrected chi connectivity index (χ2v) is 3.15. The summed E-state index contributed by atoms with van der Waals surface area (Å²) in [5.74, 6) is 0.643. The highest BCUT2D eigenvalue weighted by atomic mass is 16.5. The van der Waals surface area contributed by atoms with Crippen molar-refractivity contribution in [1.82, 2.24) is 10.1 Å². The largest absolute Gasteiger partial charge is 0.394 e. The standard InChI is InChI=1S/C11H11N3O/c1-8-11(12)10(14-15-8)3-2-9-4-6-13-7-5-9/h2-7H,12H2,1H3/b3-2+. The Kier molecular flexibility index (Phi) is 2.49. The molecule has 0 radical (unpaired) electrons. The van der Waals surface area contributed by atoms with Crippen molar-refractivity contribution in [3.63, 3.8) is 0 Å². The van der Waals surface area contributed by atoms with Crippen molar-refractivity contribution < 1.29 is 4.52 Å². The molecule has 0 spiro atoms. The van der Waals surface area contributed by atoms with Gasteiger partial charge in [0.1, 0.15) is 11.4 Å². The summed E-state index contributed by atoms with van der Waals surface area (Å²) in [6, 6.07) is 3.80. The number of hydrogen-bond acceptors (Lipinski definition) is 4. The predicted octanol–water partition coefficient (Wildman–Crippen LogP) is 2.13. The molecule has 0 bridgehead atoms. The molecule has 0 saturated heterocycles. The van der Waals surface area contributed by atoms with Crippen molar-refractivity contribution in [2.45, 2.75) is 6.92 Å². The van der Waals surface area contributed by atoms with Crippen LogP contribution in [-0.2, 0) is 0 Å². The minimum Gasteiger partial charge on any atom is -0.394 e. The van der Waals surface area contributed by atoms with Gasteiger partial charge in [0.25, 0.3) is 0 Å². The molecule has 0 amide bonds. The molecule has 4 heteroatoms. The topological polar surface area (TPSA) is 64.9 Å². The van der Waals surface area contributed by atoms with Gasteiger partial charge >= 0.3 is 0 Å². The zero-order valence-electron chi connectivity index (χ0n) is 8.34. The highest BCUT2D eigenvalue weighted by Gasteiger charge is 2.04. The van der Waals surface area contributed by atoms with Gasteiger partial charge < -0.3 is 10.3 Å². The second kappa shape index (κ2) is 3.96. The summed E-state index contributed by atoms with van der Waals surface area (Å²) < 4.78 is 4.95. The van der Waals surface area contributed by atoms with E-state index in [9.17, 15) is 0 Å². The zero-order chi connectivity index (χ0) is 10.7. The summed E-state index contributed by atoms with van der Waals surface area (Å²) in [6.45, 7) is 1.78. The van der Waals surface area contributed by atoms with Crippen molar-refractivity contribution in [1.29, 1.82) is 0 Å². The molecule has 0 aliphatic carbocycles. The van der Waals surface area contributed by atoms with Crippen molar-refractivity contribution >= 4 is 17.8 Å². The van der Waals surface area contributed by atoms with Gasteiger partial charge in [0, 0.05) is 12.4 Å². The van der Waals surface area contributed by atoms with Crippen LogP contribution in [0.25, 0.3) is 12.2 Å². The van der Waals surface area contributed by atoms with E-state index >= 15 is 0 Å². The maximum atomic E-state index is 5.75. The highest BCUT2D eigenvalue weighted by Crippen LogP contribution is 2.17. The van der Waals surface area contributed by atoms with E-state index in [4.69, 9.17) is 10.3 Å². The number of rotatable bonds is 2. The molecule has 0 aromatic carbocycles. The van der Waals surface area contributed by atoms with Gasteiger partial charge in [-0.25, -0.2) is 0 Å². The van der Waals surface area contributed by atoms with Gasteiger partial charge in [-0.05, 0) is 30.7 Å². The van der Waals surface area contributed by atoms with E-state index < -0.39 is 0 Å². The number of hydrogen-bond donors (Lipinski definition) is 1. The molecule has 2 aromatic rings. The van der Waals surface area contributed by atoms with Gasteiger partial charge in [-0.2, -0.15) is 0 Å². The molecule has 0 atom stereocenters. The summed E-state index contributed by atoms with van der Waals surface area (Å²) in [5.41, 5.74) is 8.03. The first-order chi connectivity index (χ1) is 7.27. The SMILES string of the molecule is Cc1onc(/C=C/c2ccncc2)c1N. The van der Waals surface area contributed by atoms with Gasteiger partial charge in [-0.1, -0.05) is 11.2 Å². The third-order valence-corrected chi connectivity index (χ3v) is 2.08. The van der Waals surface area contributed by atoms with Crippen molar-refractivity contribution in [3.05, 3.63) is 41.5 Å². The van der Waals surface area contributed by atoms with Crippen LogP contribution in [0.15, 0.2) is 29.0 Å². The summed E-state index contributed by atoms with van der Waals surface area (Å²) in [4.78, 5) is 3.93. The van der Waals surface area contributed by atoms with E-state index in [1.807, 2.05) is 24.3 Å². The fraction of sp³-hybridized carbons (Fsp3) is 0.0909. The Morgan fingerprint density at radius 2 is 2.00 bits per heavy atom. The fourth-order valence-corrected chi connectivity index (χ4v) is 1.17. The molecule has 2 heterocycles. The number of nitrogen functional groups attached to an aromatic ring is 1. The number of anilines is 1. The number of pyridine rings is 1. The monoisotopic (exact) mass is 201 g/mol. The molecule has 0 saturated carbocycles. The maximum Gasteiger partial charge on any atom is 0.157 e. The van der Waals surface area contributed by atoms with E-state index in [-0.39, 0.29) is 0 Å². The molecule has 15 heavy (non-hydrogen) atoms. The Morgan fingerprint density at radius 3 is 2.60 bits per heavy atom.